The maximum atomic E-state index is 10.9. The van der Waals surface area contributed by atoms with Crippen LogP contribution in [0.5, 0.6) is 0 Å². The van der Waals surface area contributed by atoms with Crippen molar-refractivity contribution < 1.29 is 19.8 Å². The minimum atomic E-state index is -0.977. The molecule has 0 aromatic carbocycles. The summed E-state index contributed by atoms with van der Waals surface area (Å²) < 4.78 is 0. The molecule has 1 saturated heterocycles. The Hall–Kier alpha value is -0.980. The van der Waals surface area contributed by atoms with Gasteiger partial charge in [0, 0.05) is 6.04 Å². The lowest BCUT2D eigenvalue weighted by Crippen LogP contribution is -2.39. The van der Waals surface area contributed by atoms with Crippen molar-refractivity contribution in [1.29, 1.82) is 0 Å². The number of carbonyl (C=O) groups excluding carboxylic acids is 1. The summed E-state index contributed by atoms with van der Waals surface area (Å²) in [5, 5.41) is 17.9. The van der Waals surface area contributed by atoms with Crippen molar-refractivity contribution in [3.8, 4) is 0 Å². The molecule has 0 aliphatic carbocycles. The van der Waals surface area contributed by atoms with Gasteiger partial charge in [0.2, 0.25) is 0 Å². The van der Waals surface area contributed by atoms with Crippen molar-refractivity contribution in [2.45, 2.75) is 50.2 Å². The highest BCUT2D eigenvalue weighted by Gasteiger charge is 2.31. The van der Waals surface area contributed by atoms with Crippen LogP contribution in [0.3, 0.4) is 0 Å². The number of nitrogens with two attached hydrogens (primary N) is 1. The van der Waals surface area contributed by atoms with Gasteiger partial charge in [-0.2, -0.15) is 0 Å². The molecule has 6 nitrogen and oxygen atoms in total. The highest BCUT2D eigenvalue weighted by Crippen LogP contribution is 2.23. The Kier molecular flexibility index (Phi) is 6.24. The zero-order valence-electron chi connectivity index (χ0n) is 10.5. The van der Waals surface area contributed by atoms with E-state index in [9.17, 15) is 14.7 Å². The molecule has 0 unspecified atom stereocenters. The van der Waals surface area contributed by atoms with Gasteiger partial charge in [-0.1, -0.05) is 6.42 Å². The van der Waals surface area contributed by atoms with Gasteiger partial charge in [-0.15, -0.1) is 0 Å². The van der Waals surface area contributed by atoms with E-state index in [1.165, 1.54) is 0 Å². The number of aliphatic hydroxyl groups is 1. The molecule has 0 amide bonds. The Morgan fingerprint density at radius 1 is 1.44 bits per heavy atom. The van der Waals surface area contributed by atoms with E-state index in [-0.39, 0.29) is 18.7 Å². The third-order valence-electron chi connectivity index (χ3n) is 3.56. The summed E-state index contributed by atoms with van der Waals surface area (Å²) >= 11 is 0. The lowest BCUT2D eigenvalue weighted by atomic mass is 10.1. The van der Waals surface area contributed by atoms with Gasteiger partial charge in [-0.25, -0.2) is 0 Å². The Balaban J connectivity index is 2.28. The topological polar surface area (TPSA) is 104 Å². The number of unbranched alkanes of at least 4 members (excludes halogenated alkanes) is 1. The van der Waals surface area contributed by atoms with Crippen molar-refractivity contribution in [2.75, 3.05) is 13.2 Å². The van der Waals surface area contributed by atoms with Crippen LogP contribution in [0.25, 0.3) is 0 Å². The second kappa shape index (κ2) is 7.45. The number of hydrogen-bond acceptors (Lipinski definition) is 5. The van der Waals surface area contributed by atoms with E-state index < -0.39 is 12.0 Å². The van der Waals surface area contributed by atoms with Gasteiger partial charge in [0.25, 0.3) is 0 Å². The lowest BCUT2D eigenvalue weighted by molar-refractivity contribution is -0.138. The van der Waals surface area contributed by atoms with Crippen LogP contribution in [-0.2, 0) is 9.59 Å². The predicted octanol–water partition coefficient (Wildman–Crippen LogP) is -0.407. The Labute approximate surface area is 107 Å². The van der Waals surface area contributed by atoms with E-state index >= 15 is 0 Å². The molecule has 0 bridgehead atoms. The Morgan fingerprint density at radius 3 is 2.72 bits per heavy atom. The summed E-state index contributed by atoms with van der Waals surface area (Å²) in [5.41, 5.74) is 5.41. The van der Waals surface area contributed by atoms with Crippen molar-refractivity contribution in [3.05, 3.63) is 0 Å². The number of carbonyl (C=O) groups is 2. The van der Waals surface area contributed by atoms with E-state index in [1.54, 1.807) is 0 Å². The molecule has 4 N–H and O–H groups in total. The smallest absolute Gasteiger partial charge is 0.320 e. The number of nitrogens with zero attached hydrogens (tertiary/aromatic N) is 1. The molecule has 0 radical (unpaired) electrons. The van der Waals surface area contributed by atoms with Crippen LogP contribution in [-0.4, -0.2) is 58.6 Å². The largest absolute Gasteiger partial charge is 0.480 e. The average Bonchev–Trinajstić information content (AvgIpc) is 2.76. The maximum Gasteiger partial charge on any atom is 0.320 e. The molecule has 3 atom stereocenters. The number of aldehydes is 1. The van der Waals surface area contributed by atoms with Gasteiger partial charge < -0.3 is 20.7 Å². The fourth-order valence-corrected chi connectivity index (χ4v) is 2.44. The van der Waals surface area contributed by atoms with Crippen LogP contribution in [0.2, 0.25) is 0 Å². The molecule has 1 aliphatic rings. The van der Waals surface area contributed by atoms with Crippen LogP contribution in [0.1, 0.15) is 32.1 Å². The van der Waals surface area contributed by atoms with Crippen LogP contribution < -0.4 is 5.73 Å². The van der Waals surface area contributed by atoms with E-state index in [2.05, 4.69) is 0 Å². The van der Waals surface area contributed by atoms with Crippen LogP contribution in [0, 0.1) is 0 Å². The van der Waals surface area contributed by atoms with E-state index in [0.29, 0.717) is 19.4 Å². The summed E-state index contributed by atoms with van der Waals surface area (Å²) in [6.45, 7) is 0.778. The standard InChI is InChI=1S/C12H22N2O4/c13-11(12(17)18)3-1-2-6-14-9(7-15)4-5-10(14)8-16/h7,9-11,16H,1-6,8,13H2,(H,17,18)/t9-,10+,11+/m1/s1. The molecular weight excluding hydrogens is 236 g/mol. The second-order valence-corrected chi connectivity index (χ2v) is 4.80. The van der Waals surface area contributed by atoms with Gasteiger partial charge in [-0.3, -0.25) is 9.69 Å². The number of likely N-dealkylation sites (tertiary alicyclic amines) is 1. The predicted molar refractivity (Wildman–Crippen MR) is 66.1 cm³/mol. The van der Waals surface area contributed by atoms with Gasteiger partial charge in [-0.05, 0) is 32.2 Å². The minimum absolute atomic E-state index is 0.0633. The third kappa shape index (κ3) is 4.04. The number of carboxylic acid groups (broad SMARTS) is 1. The first-order valence-electron chi connectivity index (χ1n) is 6.40. The molecule has 1 rings (SSSR count). The quantitative estimate of drug-likeness (QED) is 0.404. The zero-order valence-corrected chi connectivity index (χ0v) is 10.5. The summed E-state index contributed by atoms with van der Waals surface area (Å²) in [6, 6.07) is -0.845. The maximum absolute atomic E-state index is 10.9. The molecule has 1 aliphatic heterocycles. The summed E-state index contributed by atoms with van der Waals surface area (Å²) in [5.74, 6) is -0.977. The molecule has 18 heavy (non-hydrogen) atoms. The van der Waals surface area contributed by atoms with Gasteiger partial charge in [0.05, 0.1) is 12.6 Å². The first-order valence-corrected chi connectivity index (χ1v) is 6.40. The van der Waals surface area contributed by atoms with E-state index in [4.69, 9.17) is 10.8 Å². The highest BCUT2D eigenvalue weighted by molar-refractivity contribution is 5.72. The van der Waals surface area contributed by atoms with Gasteiger partial charge in [0.1, 0.15) is 12.3 Å². The monoisotopic (exact) mass is 258 g/mol. The zero-order chi connectivity index (χ0) is 13.5. The SMILES string of the molecule is N[C@@H](CCCCN1[C@H](CO)CC[C@@H]1C=O)C(=O)O. The molecule has 0 spiro atoms. The third-order valence-corrected chi connectivity index (χ3v) is 3.56. The van der Waals surface area contributed by atoms with Crippen LogP contribution >= 0.6 is 0 Å². The molecule has 0 aromatic rings. The molecule has 104 valence electrons. The summed E-state index contributed by atoms with van der Waals surface area (Å²) in [4.78, 5) is 23.4. The van der Waals surface area contributed by atoms with Gasteiger partial charge >= 0.3 is 5.97 Å². The van der Waals surface area contributed by atoms with E-state index in [1.807, 2.05) is 4.90 Å². The fraction of sp³-hybridized carbons (Fsp3) is 0.833. The summed E-state index contributed by atoms with van der Waals surface area (Å²) in [6.07, 6.45) is 4.52. The van der Waals surface area contributed by atoms with Crippen molar-refractivity contribution in [1.82, 2.24) is 4.90 Å². The molecule has 0 saturated carbocycles. The first kappa shape index (κ1) is 15.1. The minimum Gasteiger partial charge on any atom is -0.480 e. The van der Waals surface area contributed by atoms with E-state index in [0.717, 1.165) is 25.5 Å². The molecule has 6 heteroatoms. The number of carboxylic acids is 1. The second-order valence-electron chi connectivity index (χ2n) is 4.80. The van der Waals surface area contributed by atoms with Crippen LogP contribution in [0.4, 0.5) is 0 Å². The highest BCUT2D eigenvalue weighted by atomic mass is 16.4. The van der Waals surface area contributed by atoms with Gasteiger partial charge in [0.15, 0.2) is 0 Å². The van der Waals surface area contributed by atoms with Crippen molar-refractivity contribution in [3.63, 3.8) is 0 Å². The van der Waals surface area contributed by atoms with Crippen molar-refractivity contribution >= 4 is 12.3 Å². The van der Waals surface area contributed by atoms with Crippen LogP contribution in [0.15, 0.2) is 0 Å². The van der Waals surface area contributed by atoms with Crippen molar-refractivity contribution in [2.24, 2.45) is 5.73 Å². The molecule has 0 aromatic heterocycles. The first-order chi connectivity index (χ1) is 8.60. The lowest BCUT2D eigenvalue weighted by Gasteiger charge is -2.26. The molecule has 1 fully saturated rings. The number of aliphatic carboxylic acids is 1. The normalized spacial score (nSPS) is 26.1. The average molecular weight is 258 g/mol. The molecular formula is C12H22N2O4. The number of aliphatic hydroxyl groups excluding tert-OH is 1. The number of hydrogen-bond donors (Lipinski definition) is 3. The number of rotatable bonds is 8. The Bertz CT molecular complexity index is 285. The fourth-order valence-electron chi connectivity index (χ4n) is 2.44. The Morgan fingerprint density at radius 2 is 2.17 bits per heavy atom. The summed E-state index contributed by atoms with van der Waals surface area (Å²) in [7, 11) is 0. The molecule has 1 heterocycles.